The van der Waals surface area contributed by atoms with Gasteiger partial charge < -0.3 is 29.6 Å². The maximum atomic E-state index is 11.6. The van der Waals surface area contributed by atoms with Crippen LogP contribution in [0.3, 0.4) is 0 Å². The van der Waals surface area contributed by atoms with Gasteiger partial charge in [0, 0.05) is 13.1 Å². The number of aliphatic hydroxyl groups excluding tert-OH is 2. The molecule has 0 bridgehead atoms. The number of nitrogens with zero attached hydrogens (tertiary/aromatic N) is 5. The highest BCUT2D eigenvalue weighted by Crippen LogP contribution is 2.51. The average Bonchev–Trinajstić information content (AvgIpc) is 3.23. The van der Waals surface area contributed by atoms with Gasteiger partial charge in [0.05, 0.1) is 12.9 Å². The van der Waals surface area contributed by atoms with Crippen molar-refractivity contribution >= 4 is 33.1 Å². The van der Waals surface area contributed by atoms with E-state index in [1.165, 1.54) is 17.2 Å². The van der Waals surface area contributed by atoms with Crippen molar-refractivity contribution in [3.8, 4) is 0 Å². The van der Waals surface area contributed by atoms with Crippen LogP contribution in [0.2, 0.25) is 0 Å². The van der Waals surface area contributed by atoms with E-state index in [4.69, 9.17) is 9.63 Å². The summed E-state index contributed by atoms with van der Waals surface area (Å²) >= 11 is 0. The Kier molecular flexibility index (Phi) is 7.23. The van der Waals surface area contributed by atoms with E-state index < -0.39 is 47.2 Å². The quantitative estimate of drug-likeness (QED) is 0.355. The van der Waals surface area contributed by atoms with Crippen LogP contribution in [0.1, 0.15) is 20.1 Å². The molecule has 14 nitrogen and oxygen atoms in total. The summed E-state index contributed by atoms with van der Waals surface area (Å²) in [6.07, 6.45) is -2.52. The van der Waals surface area contributed by atoms with Crippen molar-refractivity contribution in [2.45, 2.75) is 38.4 Å². The zero-order valence-corrected chi connectivity index (χ0v) is 18.0. The SMILES string of the molecule is CCN(CC)c1ncnc2c1ncn2[C@@H]1O[C@H](COP(=O)(O)O[PH](=O)O)C(O)C1O. The van der Waals surface area contributed by atoms with E-state index in [-0.39, 0.29) is 0 Å². The van der Waals surface area contributed by atoms with Gasteiger partial charge in [0.2, 0.25) is 0 Å². The molecule has 0 aliphatic carbocycles. The molecule has 3 rings (SSSR count). The first-order valence-corrected chi connectivity index (χ1v) is 11.8. The Hall–Kier alpha value is -1.47. The maximum Gasteiger partial charge on any atom is 0.479 e. The molecule has 1 aliphatic rings. The third kappa shape index (κ3) is 4.72. The first-order valence-electron chi connectivity index (χ1n) is 9.02. The van der Waals surface area contributed by atoms with Crippen LogP contribution in [0.4, 0.5) is 5.82 Å². The van der Waals surface area contributed by atoms with Crippen LogP contribution < -0.4 is 4.90 Å². The fourth-order valence-electron chi connectivity index (χ4n) is 3.17. The number of imidazole rings is 1. The van der Waals surface area contributed by atoms with Gasteiger partial charge in [-0.3, -0.25) is 13.7 Å². The molecule has 168 valence electrons. The third-order valence-corrected chi connectivity index (χ3v) is 6.63. The number of phosphoric ester groups is 1. The smallest absolute Gasteiger partial charge is 0.387 e. The van der Waals surface area contributed by atoms with Crippen molar-refractivity contribution < 1.29 is 42.7 Å². The summed E-state index contributed by atoms with van der Waals surface area (Å²) in [4.78, 5) is 32.7. The highest BCUT2D eigenvalue weighted by Gasteiger charge is 2.45. The number of aromatic nitrogens is 4. The molecule has 2 aromatic heterocycles. The summed E-state index contributed by atoms with van der Waals surface area (Å²) < 4.78 is 37.7. The summed E-state index contributed by atoms with van der Waals surface area (Å²) in [7, 11) is -8.54. The van der Waals surface area contributed by atoms with Crippen LogP contribution in [0.15, 0.2) is 12.7 Å². The highest BCUT2D eigenvalue weighted by molar-refractivity contribution is 7.55. The second-order valence-corrected chi connectivity index (χ2v) is 8.82. The summed E-state index contributed by atoms with van der Waals surface area (Å²) in [5, 5.41) is 20.7. The average molecular weight is 467 g/mol. The summed E-state index contributed by atoms with van der Waals surface area (Å²) in [5.41, 5.74) is 0.840. The predicted octanol–water partition coefficient (Wildman–Crippen LogP) is -0.193. The Morgan fingerprint density at radius 2 is 1.97 bits per heavy atom. The van der Waals surface area contributed by atoms with Gasteiger partial charge in [-0.2, -0.15) is 0 Å². The van der Waals surface area contributed by atoms with Crippen molar-refractivity contribution in [3.63, 3.8) is 0 Å². The topological polar surface area (TPSA) is 190 Å². The van der Waals surface area contributed by atoms with E-state index in [0.29, 0.717) is 30.1 Å². The molecule has 0 spiro atoms. The normalized spacial score (nSPS) is 27.3. The summed E-state index contributed by atoms with van der Waals surface area (Å²) in [6, 6.07) is 0. The van der Waals surface area contributed by atoms with E-state index in [2.05, 4.69) is 23.8 Å². The number of hydrogen-bond acceptors (Lipinski definition) is 11. The van der Waals surface area contributed by atoms with Crippen LogP contribution in [0.25, 0.3) is 11.2 Å². The van der Waals surface area contributed by atoms with E-state index in [1.54, 1.807) is 0 Å². The van der Waals surface area contributed by atoms with E-state index in [9.17, 15) is 24.2 Å². The molecule has 0 saturated carbocycles. The van der Waals surface area contributed by atoms with Crippen molar-refractivity contribution in [1.29, 1.82) is 0 Å². The molecule has 0 amide bonds. The second-order valence-electron chi connectivity index (χ2n) is 6.36. The van der Waals surface area contributed by atoms with Crippen LogP contribution in [-0.4, -0.2) is 77.5 Å². The molecule has 6 atom stereocenters. The zero-order chi connectivity index (χ0) is 22.1. The largest absolute Gasteiger partial charge is 0.479 e. The lowest BCUT2D eigenvalue weighted by molar-refractivity contribution is -0.0501. The first kappa shape index (κ1) is 23.2. The van der Waals surface area contributed by atoms with Crippen molar-refractivity contribution in [3.05, 3.63) is 12.7 Å². The molecule has 0 radical (unpaired) electrons. The van der Waals surface area contributed by atoms with E-state index in [0.717, 1.165) is 0 Å². The Morgan fingerprint density at radius 1 is 1.27 bits per heavy atom. The van der Waals surface area contributed by atoms with Gasteiger partial charge in [-0.25, -0.2) is 23.8 Å². The molecular formula is C14H23N5O9P2. The molecule has 30 heavy (non-hydrogen) atoms. The number of anilines is 1. The lowest BCUT2D eigenvalue weighted by atomic mass is 10.1. The number of rotatable bonds is 9. The fraction of sp³-hybridized carbons (Fsp3) is 0.643. The minimum atomic E-state index is -4.83. The molecule has 1 aliphatic heterocycles. The molecular weight excluding hydrogens is 444 g/mol. The van der Waals surface area contributed by atoms with Crippen LogP contribution in [0.5, 0.6) is 0 Å². The maximum absolute atomic E-state index is 11.6. The lowest BCUT2D eigenvalue weighted by Crippen LogP contribution is -2.33. The number of aliphatic hydroxyl groups is 2. The Morgan fingerprint density at radius 3 is 2.60 bits per heavy atom. The van der Waals surface area contributed by atoms with Crippen molar-refractivity contribution in [2.24, 2.45) is 0 Å². The number of phosphoric acid groups is 1. The molecule has 1 fully saturated rings. The summed E-state index contributed by atoms with van der Waals surface area (Å²) in [5.74, 6) is 0.606. The van der Waals surface area contributed by atoms with Gasteiger partial charge in [0.15, 0.2) is 23.2 Å². The summed E-state index contributed by atoms with van der Waals surface area (Å²) in [6.45, 7) is 4.65. The minimum Gasteiger partial charge on any atom is -0.387 e. The zero-order valence-electron chi connectivity index (χ0n) is 16.1. The predicted molar refractivity (Wildman–Crippen MR) is 103 cm³/mol. The van der Waals surface area contributed by atoms with E-state index in [1.807, 2.05) is 18.7 Å². The number of ether oxygens (including phenoxy) is 1. The Labute approximate surface area is 171 Å². The first-order chi connectivity index (χ1) is 14.2. The van der Waals surface area contributed by atoms with E-state index >= 15 is 0 Å². The van der Waals surface area contributed by atoms with Gasteiger partial charge in [0.1, 0.15) is 24.6 Å². The van der Waals surface area contributed by atoms with Gasteiger partial charge in [-0.1, -0.05) is 0 Å². The van der Waals surface area contributed by atoms with Crippen LogP contribution >= 0.6 is 16.1 Å². The van der Waals surface area contributed by atoms with Gasteiger partial charge >= 0.3 is 16.1 Å². The van der Waals surface area contributed by atoms with Crippen LogP contribution in [0, 0.1) is 0 Å². The molecule has 3 heterocycles. The lowest BCUT2D eigenvalue weighted by Gasteiger charge is -2.20. The molecule has 4 unspecified atom stereocenters. The van der Waals surface area contributed by atoms with Crippen molar-refractivity contribution in [2.75, 3.05) is 24.6 Å². The molecule has 1 saturated heterocycles. The minimum absolute atomic E-state index is 0.361. The molecule has 0 aromatic carbocycles. The van der Waals surface area contributed by atoms with Crippen LogP contribution in [-0.2, 0) is 22.7 Å². The second kappa shape index (κ2) is 9.35. The molecule has 16 heteroatoms. The van der Waals surface area contributed by atoms with Gasteiger partial charge in [0.25, 0.3) is 0 Å². The molecule has 4 N–H and O–H groups in total. The molecule has 2 aromatic rings. The van der Waals surface area contributed by atoms with Crippen molar-refractivity contribution in [1.82, 2.24) is 19.5 Å². The van der Waals surface area contributed by atoms with Gasteiger partial charge in [-0.05, 0) is 13.8 Å². The number of fused-ring (bicyclic) bond motifs is 1. The fourth-order valence-corrected chi connectivity index (χ4v) is 4.51. The monoisotopic (exact) mass is 467 g/mol. The van der Waals surface area contributed by atoms with Gasteiger partial charge in [-0.15, -0.1) is 0 Å². The highest BCUT2D eigenvalue weighted by atomic mass is 31.2. The Balaban J connectivity index is 1.81. The Bertz CT molecular complexity index is 955. The number of hydrogen-bond donors (Lipinski definition) is 4. The third-order valence-electron chi connectivity index (χ3n) is 4.61. The standard InChI is InChI=1S/C14H23N5O9P2/c1-3-18(4-2)12-9-13(16-6-15-12)19(7-17-9)14-11(21)10(20)8(27-14)5-26-30(24,25)28-29(22)23/h6-8,10-11,14,20-21,29H,3-5H2,1-2H3,(H,22,23)(H,24,25)/t8-,10?,11?,14-/m1/s1.